The molecule has 0 radical (unpaired) electrons. The molecule has 1 heteroatoms. The van der Waals surface area contributed by atoms with Crippen LogP contribution >= 0.6 is 0 Å². The zero-order valence-electron chi connectivity index (χ0n) is 9.03. The summed E-state index contributed by atoms with van der Waals surface area (Å²) < 4.78 is 5.61. The maximum Gasteiger partial charge on any atom is 0.179 e. The molecule has 17 heavy (non-hydrogen) atoms. The Morgan fingerprint density at radius 1 is 0.765 bits per heavy atom. The van der Waals surface area contributed by atoms with E-state index in [2.05, 4.69) is 48.5 Å². The van der Waals surface area contributed by atoms with Crippen molar-refractivity contribution in [2.75, 3.05) is 0 Å². The molecular formula is C16H8O. The zero-order chi connectivity index (χ0) is 11.0. The lowest BCUT2D eigenvalue weighted by Crippen LogP contribution is -1.87. The Morgan fingerprint density at radius 3 is 2.65 bits per heavy atom. The molecule has 0 N–H and O–H groups in total. The van der Waals surface area contributed by atoms with Crippen LogP contribution in [0.1, 0.15) is 11.1 Å². The highest BCUT2D eigenvalue weighted by Gasteiger charge is 2.38. The number of benzene rings is 3. The van der Waals surface area contributed by atoms with E-state index in [1.165, 1.54) is 32.7 Å². The van der Waals surface area contributed by atoms with Gasteiger partial charge in [-0.3, -0.25) is 0 Å². The van der Waals surface area contributed by atoms with E-state index in [1.807, 2.05) is 0 Å². The van der Waals surface area contributed by atoms with Gasteiger partial charge < -0.3 is 4.74 Å². The van der Waals surface area contributed by atoms with Gasteiger partial charge in [0.15, 0.2) is 11.5 Å². The van der Waals surface area contributed by atoms with Crippen molar-refractivity contribution in [3.8, 4) is 0 Å². The largest absolute Gasteiger partial charge is 0.448 e. The molecule has 78 valence electrons. The summed E-state index contributed by atoms with van der Waals surface area (Å²) >= 11 is 0. The number of ether oxygens (including phenoxy) is 1. The van der Waals surface area contributed by atoms with Gasteiger partial charge in [0.25, 0.3) is 0 Å². The highest BCUT2D eigenvalue weighted by atomic mass is 16.6. The third-order valence-electron chi connectivity index (χ3n) is 3.73. The van der Waals surface area contributed by atoms with Gasteiger partial charge in [-0.25, -0.2) is 0 Å². The maximum atomic E-state index is 5.61. The molecule has 0 bridgehead atoms. The third-order valence-corrected chi connectivity index (χ3v) is 3.73. The zero-order valence-corrected chi connectivity index (χ0v) is 9.03. The van der Waals surface area contributed by atoms with Crippen LogP contribution in [0.3, 0.4) is 0 Å². The Labute approximate surface area is 97.9 Å². The van der Waals surface area contributed by atoms with Crippen molar-refractivity contribution in [2.45, 2.75) is 0 Å². The molecule has 1 nitrogen and oxygen atoms in total. The van der Waals surface area contributed by atoms with Crippen molar-refractivity contribution in [1.82, 2.24) is 0 Å². The van der Waals surface area contributed by atoms with E-state index in [4.69, 9.17) is 4.74 Å². The second-order valence-corrected chi connectivity index (χ2v) is 4.64. The summed E-state index contributed by atoms with van der Waals surface area (Å²) in [5, 5.41) is 5.26. The molecule has 1 heterocycles. The van der Waals surface area contributed by atoms with Crippen LogP contribution in [0.15, 0.2) is 48.5 Å². The standard InChI is InChI=1S/C16H8O/c1-2-6-11-9(4-1)8-10-5-3-7-12-13(10)14(11)16-15(12)17-16/h1-8H. The minimum absolute atomic E-state index is 1.09. The van der Waals surface area contributed by atoms with Crippen LogP contribution in [0.4, 0.5) is 0 Å². The molecule has 1 aliphatic heterocycles. The molecule has 0 fully saturated rings. The van der Waals surface area contributed by atoms with Gasteiger partial charge >= 0.3 is 0 Å². The van der Waals surface area contributed by atoms with Crippen LogP contribution < -0.4 is 0 Å². The van der Waals surface area contributed by atoms with Gasteiger partial charge in [0.1, 0.15) is 0 Å². The van der Waals surface area contributed by atoms with E-state index in [-0.39, 0.29) is 0 Å². The molecule has 0 amide bonds. The Bertz CT molecular complexity index is 856. The van der Waals surface area contributed by atoms with Crippen LogP contribution in [-0.4, -0.2) is 0 Å². The van der Waals surface area contributed by atoms with Gasteiger partial charge in [0, 0.05) is 16.5 Å². The number of rotatable bonds is 0. The smallest absolute Gasteiger partial charge is 0.179 e. The van der Waals surface area contributed by atoms with Crippen LogP contribution in [0.25, 0.3) is 33.1 Å². The van der Waals surface area contributed by atoms with Gasteiger partial charge in [0.2, 0.25) is 0 Å². The van der Waals surface area contributed by atoms with Crippen molar-refractivity contribution in [2.24, 2.45) is 0 Å². The predicted octanol–water partition coefficient (Wildman–Crippen LogP) is 4.16. The van der Waals surface area contributed by atoms with E-state index in [1.54, 1.807) is 0 Å². The molecule has 0 spiro atoms. The molecule has 2 aliphatic rings. The van der Waals surface area contributed by atoms with Crippen LogP contribution in [0, 0.1) is 0 Å². The fraction of sp³-hybridized carbons (Fsp3) is 0. The summed E-state index contributed by atoms with van der Waals surface area (Å²) in [6, 6.07) is 17.2. The highest BCUT2D eigenvalue weighted by molar-refractivity contribution is 6.23. The molecule has 0 saturated heterocycles. The normalized spacial score (nSPS) is 15.3. The first kappa shape index (κ1) is 7.91. The molecular weight excluding hydrogens is 208 g/mol. The summed E-state index contributed by atoms with van der Waals surface area (Å²) in [5.41, 5.74) is 2.56. The second-order valence-electron chi connectivity index (χ2n) is 4.64. The average Bonchev–Trinajstić information content (AvgIpc) is 3.09. The summed E-state index contributed by atoms with van der Waals surface area (Å²) in [6.45, 7) is 0. The van der Waals surface area contributed by atoms with Crippen molar-refractivity contribution in [1.29, 1.82) is 0 Å². The lowest BCUT2D eigenvalue weighted by atomic mass is 9.97. The van der Waals surface area contributed by atoms with Crippen molar-refractivity contribution < 1.29 is 4.74 Å². The first-order valence-electron chi connectivity index (χ1n) is 5.81. The fourth-order valence-corrected chi connectivity index (χ4v) is 2.97. The SMILES string of the molecule is c1ccc2c3c4c(cccc4cc2c1)C1=C3O1. The van der Waals surface area contributed by atoms with Crippen LogP contribution in [-0.2, 0) is 4.74 Å². The van der Waals surface area contributed by atoms with Gasteiger partial charge in [0.05, 0.1) is 0 Å². The summed E-state index contributed by atoms with van der Waals surface area (Å²) in [7, 11) is 0. The summed E-state index contributed by atoms with van der Waals surface area (Å²) in [4.78, 5) is 0. The molecule has 5 rings (SSSR count). The summed E-state index contributed by atoms with van der Waals surface area (Å²) in [6.07, 6.45) is 0. The quantitative estimate of drug-likeness (QED) is 0.514. The van der Waals surface area contributed by atoms with Crippen LogP contribution in [0.2, 0.25) is 0 Å². The van der Waals surface area contributed by atoms with Crippen molar-refractivity contribution in [3.63, 3.8) is 0 Å². The molecule has 3 aromatic rings. The minimum Gasteiger partial charge on any atom is -0.448 e. The van der Waals surface area contributed by atoms with Gasteiger partial charge in [-0.1, -0.05) is 42.5 Å². The molecule has 3 aromatic carbocycles. The van der Waals surface area contributed by atoms with Gasteiger partial charge in [-0.2, -0.15) is 0 Å². The Hall–Kier alpha value is -2.28. The van der Waals surface area contributed by atoms with E-state index >= 15 is 0 Å². The second kappa shape index (κ2) is 2.35. The van der Waals surface area contributed by atoms with E-state index in [9.17, 15) is 0 Å². The monoisotopic (exact) mass is 216 g/mol. The highest BCUT2D eigenvalue weighted by Crippen LogP contribution is 2.55. The van der Waals surface area contributed by atoms with Gasteiger partial charge in [-0.05, 0) is 22.2 Å². The summed E-state index contributed by atoms with van der Waals surface area (Å²) in [5.74, 6) is 2.18. The Kier molecular flexibility index (Phi) is 1.09. The average molecular weight is 216 g/mol. The lowest BCUT2D eigenvalue weighted by Gasteiger charge is -2.09. The first-order chi connectivity index (χ1) is 8.43. The number of hydrogen-bond donors (Lipinski definition) is 0. The van der Waals surface area contributed by atoms with Crippen molar-refractivity contribution in [3.05, 3.63) is 59.7 Å². The van der Waals surface area contributed by atoms with E-state index in [0.29, 0.717) is 0 Å². The molecule has 0 atom stereocenters. The molecule has 0 unspecified atom stereocenters. The molecule has 1 aliphatic carbocycles. The topological polar surface area (TPSA) is 12.5 Å². The lowest BCUT2D eigenvalue weighted by molar-refractivity contribution is 0.585. The third kappa shape index (κ3) is 0.794. The predicted molar refractivity (Wildman–Crippen MR) is 69.4 cm³/mol. The van der Waals surface area contributed by atoms with E-state index < -0.39 is 0 Å². The fourth-order valence-electron chi connectivity index (χ4n) is 2.97. The van der Waals surface area contributed by atoms with Crippen LogP contribution in [0.5, 0.6) is 0 Å². The minimum atomic E-state index is 1.09. The Morgan fingerprint density at radius 2 is 1.65 bits per heavy atom. The number of hydrogen-bond acceptors (Lipinski definition) is 1. The first-order valence-corrected chi connectivity index (χ1v) is 5.81. The maximum absolute atomic E-state index is 5.61. The Balaban J connectivity index is 2.17. The van der Waals surface area contributed by atoms with Crippen molar-refractivity contribution >= 4 is 33.1 Å². The van der Waals surface area contributed by atoms with Gasteiger partial charge in [-0.15, -0.1) is 0 Å². The molecule has 0 aromatic heterocycles. The molecule has 0 saturated carbocycles. The number of fused-ring (bicyclic) bond motifs is 4. The van der Waals surface area contributed by atoms with E-state index in [0.717, 1.165) is 11.5 Å².